The van der Waals surface area contributed by atoms with E-state index >= 15 is 0 Å². The van der Waals surface area contributed by atoms with Gasteiger partial charge in [-0.25, -0.2) is 0 Å². The largest absolute Gasteiger partial charge is 0.465 e. The highest BCUT2D eigenvalue weighted by molar-refractivity contribution is 5.85. The van der Waals surface area contributed by atoms with Crippen LogP contribution in [0.4, 0.5) is 0 Å². The highest BCUT2D eigenvalue weighted by Gasteiger charge is 2.39. The lowest BCUT2D eigenvalue weighted by atomic mass is 9.86. The van der Waals surface area contributed by atoms with Crippen LogP contribution in [0, 0.1) is 5.41 Å². The fourth-order valence-electron chi connectivity index (χ4n) is 4.59. The van der Waals surface area contributed by atoms with Crippen LogP contribution in [-0.4, -0.2) is 84.9 Å². The molecule has 0 aromatic heterocycles. The van der Waals surface area contributed by atoms with Gasteiger partial charge in [0.1, 0.15) is 6.61 Å². The maximum Gasteiger partial charge on any atom is 0.303 e. The maximum atomic E-state index is 12.7. The molecule has 1 aliphatic heterocycles. The molecule has 1 unspecified atom stereocenters. The van der Waals surface area contributed by atoms with E-state index in [2.05, 4.69) is 12.2 Å². The van der Waals surface area contributed by atoms with Crippen LogP contribution in [-0.2, 0) is 33.4 Å². The van der Waals surface area contributed by atoms with Crippen molar-refractivity contribution in [2.24, 2.45) is 5.41 Å². The molecule has 39 heavy (non-hydrogen) atoms. The van der Waals surface area contributed by atoms with E-state index in [0.29, 0.717) is 32.6 Å². The van der Waals surface area contributed by atoms with Gasteiger partial charge in [-0.3, -0.25) is 24.0 Å². The molecule has 0 aliphatic carbocycles. The number of rotatable bonds is 18. The molecule has 3 amide bonds. The number of hydrogen-bond donors (Lipinski definition) is 1. The first-order valence-electron chi connectivity index (χ1n) is 14.6. The fourth-order valence-corrected chi connectivity index (χ4v) is 4.59. The Kier molecular flexibility index (Phi) is 16.4. The highest BCUT2D eigenvalue weighted by atomic mass is 16.6. The summed E-state index contributed by atoms with van der Waals surface area (Å²) in [4.78, 5) is 64.2. The van der Waals surface area contributed by atoms with Gasteiger partial charge in [-0.1, -0.05) is 72.1 Å². The van der Waals surface area contributed by atoms with Crippen LogP contribution in [0.1, 0.15) is 105 Å². The maximum absolute atomic E-state index is 12.7. The average Bonchev–Trinajstić information content (AvgIpc) is 2.89. The minimum atomic E-state index is -1.18. The lowest BCUT2D eigenvalue weighted by molar-refractivity contribution is -0.166. The minimum Gasteiger partial charge on any atom is -0.465 e. The lowest BCUT2D eigenvalue weighted by Crippen LogP contribution is -2.51. The first-order valence-corrected chi connectivity index (χ1v) is 14.6. The van der Waals surface area contributed by atoms with E-state index in [1.165, 1.54) is 58.8 Å². The van der Waals surface area contributed by atoms with Crippen molar-refractivity contribution in [3.8, 4) is 0 Å². The summed E-state index contributed by atoms with van der Waals surface area (Å²) in [5.74, 6) is -1.63. The predicted octanol–water partition coefficient (Wildman–Crippen LogP) is 3.61. The molecule has 1 atom stereocenters. The second-order valence-electron chi connectivity index (χ2n) is 11.1. The Bertz CT molecular complexity index is 792. The number of carbonyl (C=O) groups excluding carboxylic acids is 5. The molecule has 1 aliphatic rings. The number of nitrogens with one attached hydrogen (secondary N) is 1. The third-order valence-corrected chi connectivity index (χ3v) is 7.00. The van der Waals surface area contributed by atoms with E-state index in [-0.39, 0.29) is 31.4 Å². The molecule has 0 spiro atoms. The smallest absolute Gasteiger partial charge is 0.303 e. The summed E-state index contributed by atoms with van der Waals surface area (Å²) < 4.78 is 10.2. The monoisotopic (exact) mass is 553 g/mol. The second kappa shape index (κ2) is 18.6. The topological polar surface area (TPSA) is 122 Å². The Morgan fingerprint density at radius 2 is 1.23 bits per heavy atom. The number of nitrogens with zero attached hydrogens (tertiary/aromatic N) is 2. The van der Waals surface area contributed by atoms with Crippen LogP contribution < -0.4 is 5.32 Å². The van der Waals surface area contributed by atoms with Crippen molar-refractivity contribution in [2.45, 2.75) is 111 Å². The summed E-state index contributed by atoms with van der Waals surface area (Å²) >= 11 is 0. The molecule has 1 N–H and O–H groups in total. The Labute approximate surface area is 234 Å². The summed E-state index contributed by atoms with van der Waals surface area (Å²) in [5, 5.41) is 2.66. The zero-order valence-corrected chi connectivity index (χ0v) is 24.9. The van der Waals surface area contributed by atoms with Crippen LogP contribution in [0.3, 0.4) is 0 Å². The molecule has 1 fully saturated rings. The van der Waals surface area contributed by atoms with E-state index in [1.54, 1.807) is 18.7 Å². The summed E-state index contributed by atoms with van der Waals surface area (Å²) in [6.45, 7) is 9.97. The molecule has 0 bridgehead atoms. The third-order valence-electron chi connectivity index (χ3n) is 7.00. The predicted molar refractivity (Wildman–Crippen MR) is 149 cm³/mol. The van der Waals surface area contributed by atoms with Crippen LogP contribution >= 0.6 is 0 Å². The average molecular weight is 554 g/mol. The van der Waals surface area contributed by atoms with E-state index in [1.807, 2.05) is 4.90 Å². The molecular weight excluding hydrogens is 502 g/mol. The molecule has 10 nitrogen and oxygen atoms in total. The number of unbranched alkanes of at least 4 members (excludes halogenated alkanes) is 8. The Morgan fingerprint density at radius 1 is 0.744 bits per heavy atom. The van der Waals surface area contributed by atoms with Crippen LogP contribution in [0.15, 0.2) is 0 Å². The summed E-state index contributed by atoms with van der Waals surface area (Å²) in [6.07, 6.45) is 10.4. The van der Waals surface area contributed by atoms with Gasteiger partial charge >= 0.3 is 11.9 Å². The van der Waals surface area contributed by atoms with Gasteiger partial charge in [0.25, 0.3) is 5.91 Å². The Hall–Kier alpha value is -2.65. The van der Waals surface area contributed by atoms with Crippen LogP contribution in [0.25, 0.3) is 0 Å². The molecular formula is C29H51N3O7. The van der Waals surface area contributed by atoms with Gasteiger partial charge in [0.05, 0.1) is 0 Å². The number of ether oxygens (including phenoxy) is 2. The molecule has 10 heteroatoms. The van der Waals surface area contributed by atoms with Gasteiger partial charge < -0.3 is 24.6 Å². The van der Waals surface area contributed by atoms with Crippen molar-refractivity contribution in [3.63, 3.8) is 0 Å². The minimum absolute atomic E-state index is 0.0802. The van der Waals surface area contributed by atoms with Crippen molar-refractivity contribution < 1.29 is 33.4 Å². The number of carbonyl (C=O) groups is 5. The number of hydrogen-bond acceptors (Lipinski definition) is 7. The van der Waals surface area contributed by atoms with Gasteiger partial charge in [-0.15, -0.1) is 0 Å². The van der Waals surface area contributed by atoms with Crippen molar-refractivity contribution in [1.29, 1.82) is 0 Å². The van der Waals surface area contributed by atoms with Crippen molar-refractivity contribution in [2.75, 3.05) is 39.3 Å². The van der Waals surface area contributed by atoms with E-state index in [0.717, 1.165) is 12.8 Å². The van der Waals surface area contributed by atoms with E-state index in [4.69, 9.17) is 9.47 Å². The van der Waals surface area contributed by atoms with Gasteiger partial charge in [0.15, 0.2) is 6.10 Å². The van der Waals surface area contributed by atoms with Gasteiger partial charge in [-0.2, -0.15) is 0 Å². The number of piperazine rings is 1. The number of esters is 2. The Morgan fingerprint density at radius 3 is 1.72 bits per heavy atom. The fraction of sp³-hybridized carbons (Fsp3) is 0.828. The van der Waals surface area contributed by atoms with Crippen molar-refractivity contribution in [1.82, 2.24) is 15.1 Å². The van der Waals surface area contributed by atoms with Crippen molar-refractivity contribution >= 4 is 29.7 Å². The highest BCUT2D eigenvalue weighted by Crippen LogP contribution is 2.25. The van der Waals surface area contributed by atoms with Gasteiger partial charge in [-0.05, 0) is 6.42 Å². The zero-order valence-electron chi connectivity index (χ0n) is 24.9. The molecule has 1 saturated heterocycles. The normalized spacial score (nSPS) is 14.5. The number of amides is 3. The molecule has 0 aromatic carbocycles. The first-order chi connectivity index (χ1) is 18.5. The molecule has 0 saturated carbocycles. The Balaban J connectivity index is 2.33. The van der Waals surface area contributed by atoms with E-state index in [9.17, 15) is 24.0 Å². The molecule has 1 heterocycles. The molecule has 224 valence electrons. The van der Waals surface area contributed by atoms with Crippen molar-refractivity contribution in [3.05, 3.63) is 0 Å². The molecule has 0 aromatic rings. The molecule has 1 rings (SSSR count). The summed E-state index contributed by atoms with van der Waals surface area (Å²) in [5.41, 5.74) is -0.956. The standard InChI is InChI=1S/C29H51N3O7/c1-6-7-8-9-10-11-12-13-14-15-25(35)31-18-20-32(21-19-31)26(36)16-17-30-28(37)27(39-24(3)34)29(4,5)22-38-23(2)33/h27H,6-22H2,1-5H3,(H,30,37). The second-order valence-corrected chi connectivity index (χ2v) is 11.1. The SMILES string of the molecule is CCCCCCCCCCCC(=O)N1CCN(C(=O)CCNC(=O)C(OC(C)=O)C(C)(C)COC(C)=O)CC1. The van der Waals surface area contributed by atoms with Crippen LogP contribution in [0.2, 0.25) is 0 Å². The van der Waals surface area contributed by atoms with Crippen LogP contribution in [0.5, 0.6) is 0 Å². The van der Waals surface area contributed by atoms with Gasteiger partial charge in [0.2, 0.25) is 11.8 Å². The quantitative estimate of drug-likeness (QED) is 0.203. The van der Waals surface area contributed by atoms with E-state index < -0.39 is 29.4 Å². The zero-order chi connectivity index (χ0) is 29.3. The summed E-state index contributed by atoms with van der Waals surface area (Å²) in [6, 6.07) is 0. The van der Waals surface area contributed by atoms with Gasteiger partial charge in [0, 0.05) is 64.8 Å². The third kappa shape index (κ3) is 14.3. The first kappa shape index (κ1) is 34.4. The summed E-state index contributed by atoms with van der Waals surface area (Å²) in [7, 11) is 0. The molecule has 0 radical (unpaired) electrons. The lowest BCUT2D eigenvalue weighted by Gasteiger charge is -2.35.